The number of rotatable bonds is 6. The van der Waals surface area contributed by atoms with E-state index in [1.54, 1.807) is 69.8 Å². The molecular formula is C18H21NO4. The summed E-state index contributed by atoms with van der Waals surface area (Å²) in [6.45, 7) is 0.197. The number of hydrogen-bond donors (Lipinski definition) is 1. The van der Waals surface area contributed by atoms with Crippen molar-refractivity contribution in [1.29, 1.82) is 0 Å². The lowest BCUT2D eigenvalue weighted by atomic mass is 10.1. The average Bonchev–Trinajstić information content (AvgIpc) is 2.61. The highest BCUT2D eigenvalue weighted by Crippen LogP contribution is 2.19. The molecular weight excluding hydrogens is 294 g/mol. The molecule has 23 heavy (non-hydrogen) atoms. The number of ether oxygens (including phenoxy) is 2. The number of benzene rings is 2. The molecule has 1 N–H and O–H groups in total. The van der Waals surface area contributed by atoms with E-state index in [1.807, 2.05) is 0 Å². The molecule has 0 aliphatic rings. The first-order chi connectivity index (χ1) is 11.0. The van der Waals surface area contributed by atoms with Gasteiger partial charge >= 0.3 is 0 Å². The SMILES string of the molecule is COc1ccc(C(O)CN(C)C(=O)c2cccc(OC)c2)cc1. The van der Waals surface area contributed by atoms with Gasteiger partial charge in [-0.15, -0.1) is 0 Å². The van der Waals surface area contributed by atoms with E-state index in [-0.39, 0.29) is 12.5 Å². The Morgan fingerprint density at radius 1 is 1.09 bits per heavy atom. The van der Waals surface area contributed by atoms with Crippen LogP contribution in [0, 0.1) is 0 Å². The van der Waals surface area contributed by atoms with E-state index in [1.165, 1.54) is 4.90 Å². The van der Waals surface area contributed by atoms with Crippen molar-refractivity contribution in [2.24, 2.45) is 0 Å². The second kappa shape index (κ2) is 7.65. The first kappa shape index (κ1) is 16.8. The number of hydrogen-bond acceptors (Lipinski definition) is 4. The molecule has 0 radical (unpaired) electrons. The lowest BCUT2D eigenvalue weighted by Crippen LogP contribution is -2.31. The summed E-state index contributed by atoms with van der Waals surface area (Å²) in [6.07, 6.45) is -0.763. The van der Waals surface area contributed by atoms with Gasteiger partial charge in [-0.2, -0.15) is 0 Å². The van der Waals surface area contributed by atoms with Gasteiger partial charge in [0, 0.05) is 12.6 Å². The van der Waals surface area contributed by atoms with E-state index >= 15 is 0 Å². The van der Waals surface area contributed by atoms with Crippen LogP contribution in [0.1, 0.15) is 22.0 Å². The molecule has 0 heterocycles. The Labute approximate surface area is 136 Å². The van der Waals surface area contributed by atoms with Gasteiger partial charge in [0.25, 0.3) is 5.91 Å². The summed E-state index contributed by atoms with van der Waals surface area (Å²) >= 11 is 0. The zero-order valence-electron chi connectivity index (χ0n) is 13.5. The normalized spacial score (nSPS) is 11.7. The maximum atomic E-state index is 12.4. The van der Waals surface area contributed by atoms with Crippen molar-refractivity contribution in [3.63, 3.8) is 0 Å². The van der Waals surface area contributed by atoms with E-state index in [4.69, 9.17) is 9.47 Å². The van der Waals surface area contributed by atoms with Crippen molar-refractivity contribution in [3.05, 3.63) is 59.7 Å². The van der Waals surface area contributed by atoms with Gasteiger partial charge < -0.3 is 19.5 Å². The highest BCUT2D eigenvalue weighted by Gasteiger charge is 2.17. The fourth-order valence-electron chi connectivity index (χ4n) is 2.25. The Bertz CT molecular complexity index is 654. The van der Waals surface area contributed by atoms with Crippen molar-refractivity contribution >= 4 is 5.91 Å². The monoisotopic (exact) mass is 315 g/mol. The number of carbonyl (C=O) groups is 1. The summed E-state index contributed by atoms with van der Waals surface area (Å²) in [5.74, 6) is 1.18. The molecule has 1 atom stereocenters. The molecule has 1 unspecified atom stereocenters. The molecule has 0 saturated heterocycles. The zero-order valence-corrected chi connectivity index (χ0v) is 13.5. The van der Waals surface area contributed by atoms with Crippen LogP contribution in [0.3, 0.4) is 0 Å². The van der Waals surface area contributed by atoms with E-state index in [2.05, 4.69) is 0 Å². The lowest BCUT2D eigenvalue weighted by molar-refractivity contribution is 0.0680. The summed E-state index contributed by atoms with van der Waals surface area (Å²) in [7, 11) is 4.81. The number of methoxy groups -OCH3 is 2. The van der Waals surface area contributed by atoms with Gasteiger partial charge in [-0.1, -0.05) is 18.2 Å². The molecule has 0 saturated carbocycles. The van der Waals surface area contributed by atoms with Crippen LogP contribution in [-0.2, 0) is 0 Å². The lowest BCUT2D eigenvalue weighted by Gasteiger charge is -2.21. The van der Waals surface area contributed by atoms with E-state index in [0.717, 1.165) is 11.3 Å². The number of amides is 1. The van der Waals surface area contributed by atoms with Crippen molar-refractivity contribution in [1.82, 2.24) is 4.90 Å². The van der Waals surface area contributed by atoms with Crippen LogP contribution in [0.25, 0.3) is 0 Å². The van der Waals surface area contributed by atoms with Crippen LogP contribution in [0.2, 0.25) is 0 Å². The zero-order chi connectivity index (χ0) is 16.8. The van der Waals surface area contributed by atoms with Gasteiger partial charge in [-0.05, 0) is 35.9 Å². The van der Waals surface area contributed by atoms with Crippen molar-refractivity contribution in [2.75, 3.05) is 27.8 Å². The maximum Gasteiger partial charge on any atom is 0.253 e. The van der Waals surface area contributed by atoms with Gasteiger partial charge in [0.1, 0.15) is 11.5 Å². The Kier molecular flexibility index (Phi) is 5.60. The fraction of sp³-hybridized carbons (Fsp3) is 0.278. The van der Waals surface area contributed by atoms with Crippen LogP contribution in [0.4, 0.5) is 0 Å². The summed E-state index contributed by atoms with van der Waals surface area (Å²) in [5, 5.41) is 10.3. The molecule has 2 rings (SSSR count). The molecule has 0 spiro atoms. The topological polar surface area (TPSA) is 59.0 Å². The number of aliphatic hydroxyl groups excluding tert-OH is 1. The van der Waals surface area contributed by atoms with Crippen LogP contribution in [0.5, 0.6) is 11.5 Å². The predicted molar refractivity (Wildman–Crippen MR) is 87.9 cm³/mol. The maximum absolute atomic E-state index is 12.4. The largest absolute Gasteiger partial charge is 0.497 e. The summed E-state index contributed by atoms with van der Waals surface area (Å²) in [5.41, 5.74) is 1.25. The van der Waals surface area contributed by atoms with Gasteiger partial charge in [0.05, 0.1) is 26.9 Å². The second-order valence-corrected chi connectivity index (χ2v) is 5.21. The number of carbonyl (C=O) groups excluding carboxylic acids is 1. The second-order valence-electron chi connectivity index (χ2n) is 5.21. The van der Waals surface area contributed by atoms with E-state index in [0.29, 0.717) is 11.3 Å². The van der Waals surface area contributed by atoms with Gasteiger partial charge in [0.2, 0.25) is 0 Å². The quantitative estimate of drug-likeness (QED) is 0.890. The summed E-state index contributed by atoms with van der Waals surface area (Å²) < 4.78 is 10.2. The first-order valence-electron chi connectivity index (χ1n) is 7.26. The molecule has 0 bridgehead atoms. The average molecular weight is 315 g/mol. The molecule has 122 valence electrons. The van der Waals surface area contributed by atoms with Gasteiger partial charge in [-0.3, -0.25) is 4.79 Å². The van der Waals surface area contributed by atoms with Crippen molar-refractivity contribution in [2.45, 2.75) is 6.10 Å². The van der Waals surface area contributed by atoms with E-state index in [9.17, 15) is 9.90 Å². The molecule has 1 amide bonds. The number of likely N-dealkylation sites (N-methyl/N-ethyl adjacent to an activating group) is 1. The Morgan fingerprint density at radius 3 is 2.35 bits per heavy atom. The third-order valence-electron chi connectivity index (χ3n) is 3.61. The number of nitrogens with zero attached hydrogens (tertiary/aromatic N) is 1. The predicted octanol–water partition coefficient (Wildman–Crippen LogP) is 2.51. The minimum absolute atomic E-state index is 0.170. The third kappa shape index (κ3) is 4.23. The smallest absolute Gasteiger partial charge is 0.253 e. The minimum atomic E-state index is -0.763. The highest BCUT2D eigenvalue weighted by atomic mass is 16.5. The van der Waals surface area contributed by atoms with Crippen LogP contribution in [0.15, 0.2) is 48.5 Å². The first-order valence-corrected chi connectivity index (χ1v) is 7.26. The molecule has 2 aromatic carbocycles. The third-order valence-corrected chi connectivity index (χ3v) is 3.61. The Balaban J connectivity index is 2.04. The molecule has 5 heteroatoms. The van der Waals surface area contributed by atoms with Crippen molar-refractivity contribution < 1.29 is 19.4 Å². The fourth-order valence-corrected chi connectivity index (χ4v) is 2.25. The van der Waals surface area contributed by atoms with Crippen LogP contribution in [-0.4, -0.2) is 43.7 Å². The van der Waals surface area contributed by atoms with Gasteiger partial charge in [0.15, 0.2) is 0 Å². The molecule has 0 aliphatic heterocycles. The Hall–Kier alpha value is -2.53. The van der Waals surface area contributed by atoms with E-state index < -0.39 is 6.10 Å². The minimum Gasteiger partial charge on any atom is -0.497 e. The molecule has 2 aromatic rings. The standard InChI is InChI=1S/C18H21NO4/c1-19(18(21)14-5-4-6-16(11-14)23-3)12-17(20)13-7-9-15(22-2)10-8-13/h4-11,17,20H,12H2,1-3H3. The number of aliphatic hydroxyl groups is 1. The van der Waals surface area contributed by atoms with Gasteiger partial charge in [-0.25, -0.2) is 0 Å². The molecule has 0 aromatic heterocycles. The highest BCUT2D eigenvalue weighted by molar-refractivity contribution is 5.94. The Morgan fingerprint density at radius 2 is 1.74 bits per heavy atom. The van der Waals surface area contributed by atoms with Crippen LogP contribution >= 0.6 is 0 Å². The molecule has 0 fully saturated rings. The summed E-state index contributed by atoms with van der Waals surface area (Å²) in [4.78, 5) is 13.9. The van der Waals surface area contributed by atoms with Crippen molar-refractivity contribution in [3.8, 4) is 11.5 Å². The molecule has 0 aliphatic carbocycles. The van der Waals surface area contributed by atoms with Crippen LogP contribution < -0.4 is 9.47 Å². The molecule has 5 nitrogen and oxygen atoms in total. The summed E-state index contributed by atoms with van der Waals surface area (Å²) in [6, 6.07) is 14.1.